The molecule has 2 heterocycles. The normalized spacial score (nSPS) is 14.1. The van der Waals surface area contributed by atoms with Gasteiger partial charge in [0.25, 0.3) is 10.0 Å². The molecule has 0 spiro atoms. The van der Waals surface area contributed by atoms with Gasteiger partial charge in [-0.2, -0.15) is 0 Å². The van der Waals surface area contributed by atoms with Gasteiger partial charge in [-0.05, 0) is 67.8 Å². The fourth-order valence-corrected chi connectivity index (χ4v) is 6.02. The highest BCUT2D eigenvalue weighted by Gasteiger charge is 2.34. The number of esters is 1. The molecule has 31 heavy (non-hydrogen) atoms. The van der Waals surface area contributed by atoms with Crippen molar-refractivity contribution in [2.45, 2.75) is 38.6 Å². The summed E-state index contributed by atoms with van der Waals surface area (Å²) in [7, 11) is -3.96. The van der Waals surface area contributed by atoms with Gasteiger partial charge in [0, 0.05) is 4.88 Å². The van der Waals surface area contributed by atoms with E-state index in [0.29, 0.717) is 17.7 Å². The number of sulfonamides is 1. The van der Waals surface area contributed by atoms with Gasteiger partial charge in [0.1, 0.15) is 4.88 Å². The van der Waals surface area contributed by atoms with E-state index < -0.39 is 22.0 Å². The third kappa shape index (κ3) is 4.28. The predicted octanol–water partition coefficient (Wildman–Crippen LogP) is 4.52. The van der Waals surface area contributed by atoms with Crippen LogP contribution >= 0.6 is 11.3 Å². The predicted molar refractivity (Wildman–Crippen MR) is 118 cm³/mol. The van der Waals surface area contributed by atoms with Gasteiger partial charge in [-0.15, -0.1) is 11.3 Å². The summed E-state index contributed by atoms with van der Waals surface area (Å²) in [6.45, 7) is 5.66. The van der Waals surface area contributed by atoms with Crippen molar-refractivity contribution in [1.29, 1.82) is 0 Å². The second-order valence-electron chi connectivity index (χ2n) is 6.74. The summed E-state index contributed by atoms with van der Waals surface area (Å²) in [5, 5.41) is 9.39. The maximum absolute atomic E-state index is 13.5. The Balaban J connectivity index is 2.09. The number of benzene rings is 1. The van der Waals surface area contributed by atoms with Crippen LogP contribution in [0.4, 0.5) is 0 Å². The maximum Gasteiger partial charge on any atom is 0.345 e. The quantitative estimate of drug-likeness (QED) is 0.608. The van der Waals surface area contributed by atoms with Crippen LogP contribution in [0.25, 0.3) is 5.57 Å². The lowest BCUT2D eigenvalue weighted by Crippen LogP contribution is -2.32. The van der Waals surface area contributed by atoms with E-state index >= 15 is 0 Å². The van der Waals surface area contributed by atoms with Crippen molar-refractivity contribution < 1.29 is 27.9 Å². The summed E-state index contributed by atoms with van der Waals surface area (Å²) >= 11 is 1.16. The molecule has 0 bridgehead atoms. The average molecular weight is 462 g/mol. The summed E-state index contributed by atoms with van der Waals surface area (Å²) in [6, 6.07) is 7.15. The van der Waals surface area contributed by atoms with Crippen LogP contribution in [0.1, 0.15) is 57.7 Å². The Kier molecular flexibility index (Phi) is 6.66. The number of hydrogen-bond donors (Lipinski definition) is 1. The molecule has 1 aliphatic heterocycles. The van der Waals surface area contributed by atoms with E-state index in [1.165, 1.54) is 34.6 Å². The van der Waals surface area contributed by atoms with Crippen molar-refractivity contribution in [1.82, 2.24) is 4.31 Å². The van der Waals surface area contributed by atoms with E-state index in [-0.39, 0.29) is 28.5 Å². The molecule has 0 aliphatic carbocycles. The first-order valence-corrected chi connectivity index (χ1v) is 12.0. The second kappa shape index (κ2) is 9.07. The molecule has 0 saturated carbocycles. The van der Waals surface area contributed by atoms with Crippen LogP contribution < -0.4 is 0 Å². The van der Waals surface area contributed by atoms with Gasteiger partial charge in [-0.3, -0.25) is 4.31 Å². The van der Waals surface area contributed by atoms with Gasteiger partial charge in [-0.1, -0.05) is 13.0 Å². The first kappa shape index (κ1) is 22.8. The average Bonchev–Trinajstić information content (AvgIpc) is 3.18. The number of allylic oxidation sites excluding steroid dienone is 3. The summed E-state index contributed by atoms with van der Waals surface area (Å²) in [5.74, 6) is -1.55. The van der Waals surface area contributed by atoms with Gasteiger partial charge in [0.15, 0.2) is 0 Å². The largest absolute Gasteiger partial charge is 0.477 e. The Morgan fingerprint density at radius 2 is 1.90 bits per heavy atom. The zero-order chi connectivity index (χ0) is 22.8. The number of carboxylic acids is 1. The van der Waals surface area contributed by atoms with Crippen LogP contribution in [0, 0.1) is 0 Å². The minimum atomic E-state index is -3.96. The lowest BCUT2D eigenvalue weighted by atomic mass is 10.0. The van der Waals surface area contributed by atoms with Crippen LogP contribution in [0.15, 0.2) is 53.1 Å². The second-order valence-corrected chi connectivity index (χ2v) is 9.66. The van der Waals surface area contributed by atoms with E-state index in [2.05, 4.69) is 0 Å². The highest BCUT2D eigenvalue weighted by molar-refractivity contribution is 7.89. The number of carboxylic acid groups (broad SMARTS) is 1. The molecule has 164 valence electrons. The fraction of sp³-hybridized carbons (Fsp3) is 0.273. The van der Waals surface area contributed by atoms with Crippen molar-refractivity contribution in [3.63, 3.8) is 0 Å². The monoisotopic (exact) mass is 461 g/mol. The van der Waals surface area contributed by atoms with E-state index in [0.717, 1.165) is 21.8 Å². The lowest BCUT2D eigenvalue weighted by molar-refractivity contribution is 0.0525. The van der Waals surface area contributed by atoms with Crippen LogP contribution in [0.5, 0.6) is 0 Å². The molecule has 0 saturated heterocycles. The Labute approximate surface area is 185 Å². The first-order valence-electron chi connectivity index (χ1n) is 9.76. The first-order chi connectivity index (χ1) is 14.7. The van der Waals surface area contributed by atoms with Gasteiger partial charge in [0.2, 0.25) is 0 Å². The number of carbonyl (C=O) groups excluding carboxylic acids is 1. The van der Waals surface area contributed by atoms with Crippen LogP contribution in [0.2, 0.25) is 0 Å². The molecule has 0 atom stereocenters. The number of hydrogen-bond acceptors (Lipinski definition) is 6. The van der Waals surface area contributed by atoms with Crippen molar-refractivity contribution in [3.05, 3.63) is 69.1 Å². The third-order valence-corrected chi connectivity index (χ3v) is 7.82. The molecule has 9 heteroatoms. The maximum atomic E-state index is 13.5. The number of carbonyl (C=O) groups is 2. The number of ether oxygens (including phenoxy) is 1. The van der Waals surface area contributed by atoms with Crippen LogP contribution in [0.3, 0.4) is 0 Å². The molecule has 1 aliphatic rings. The Hall–Kier alpha value is -2.91. The minimum Gasteiger partial charge on any atom is -0.477 e. The number of thiophene rings is 1. The smallest absolute Gasteiger partial charge is 0.345 e. The van der Waals surface area contributed by atoms with Gasteiger partial charge < -0.3 is 9.84 Å². The number of rotatable bonds is 7. The van der Waals surface area contributed by atoms with Crippen molar-refractivity contribution >= 4 is 38.9 Å². The van der Waals surface area contributed by atoms with Crippen LogP contribution in [-0.4, -0.2) is 36.4 Å². The Morgan fingerprint density at radius 1 is 1.23 bits per heavy atom. The highest BCUT2D eigenvalue weighted by Crippen LogP contribution is 2.41. The van der Waals surface area contributed by atoms with Gasteiger partial charge in [0.05, 0.1) is 29.3 Å². The van der Waals surface area contributed by atoms with Crippen LogP contribution in [-0.2, 0) is 21.3 Å². The molecule has 0 amide bonds. The zero-order valence-corrected chi connectivity index (χ0v) is 19.0. The van der Waals surface area contributed by atoms with Crippen molar-refractivity contribution in [2.24, 2.45) is 0 Å². The van der Waals surface area contributed by atoms with E-state index in [9.17, 15) is 23.1 Å². The SMILES string of the molecule is C/C=C\C1=C(CC)c2sc(C(=O)O)cc2CN1S(=O)(=O)c1ccc(C(=O)OCC)cc1. The molecule has 7 nitrogen and oxygen atoms in total. The number of nitrogens with zero attached hydrogens (tertiary/aromatic N) is 1. The summed E-state index contributed by atoms with van der Waals surface area (Å²) < 4.78 is 33.3. The van der Waals surface area contributed by atoms with Gasteiger partial charge in [-0.25, -0.2) is 18.0 Å². The highest BCUT2D eigenvalue weighted by atomic mass is 32.2. The molecule has 1 aromatic carbocycles. The minimum absolute atomic E-state index is 0.0320. The molecule has 3 rings (SSSR count). The molecule has 0 radical (unpaired) electrons. The van der Waals surface area contributed by atoms with Crippen molar-refractivity contribution in [2.75, 3.05) is 6.61 Å². The number of fused-ring (bicyclic) bond motifs is 1. The van der Waals surface area contributed by atoms with E-state index in [1.54, 1.807) is 26.0 Å². The number of aromatic carboxylic acids is 1. The molecular weight excluding hydrogens is 438 g/mol. The molecule has 2 aromatic rings. The third-order valence-electron chi connectivity index (χ3n) is 4.82. The zero-order valence-electron chi connectivity index (χ0n) is 17.4. The lowest BCUT2D eigenvalue weighted by Gasteiger charge is -2.31. The van der Waals surface area contributed by atoms with E-state index in [4.69, 9.17) is 4.74 Å². The summed E-state index contributed by atoms with van der Waals surface area (Å²) in [5.41, 5.74) is 2.23. The molecule has 1 N–H and O–H groups in total. The summed E-state index contributed by atoms with van der Waals surface area (Å²) in [4.78, 5) is 24.4. The fourth-order valence-electron chi connectivity index (χ4n) is 3.42. The standard InChI is InChI=1S/C22H23NO6S2/c1-4-7-18-17(5-2)20-15(12-19(30-20)21(24)25)13-23(18)31(27,28)16-10-8-14(9-11-16)22(26)29-6-3/h4,7-12H,5-6,13H2,1-3H3,(H,24,25)/b7-4-. The molecular formula is C22H23NO6S2. The Morgan fingerprint density at radius 3 is 2.45 bits per heavy atom. The van der Waals surface area contributed by atoms with Gasteiger partial charge >= 0.3 is 11.9 Å². The molecule has 0 fully saturated rings. The Bertz CT molecular complexity index is 1170. The molecule has 0 unspecified atom stereocenters. The molecule has 1 aromatic heterocycles. The topological polar surface area (TPSA) is 101 Å². The van der Waals surface area contributed by atoms with Crippen molar-refractivity contribution in [3.8, 4) is 0 Å². The summed E-state index contributed by atoms with van der Waals surface area (Å²) in [6.07, 6.45) is 4.03. The van der Waals surface area contributed by atoms with E-state index in [1.807, 2.05) is 6.92 Å².